The second kappa shape index (κ2) is 9.77. The highest BCUT2D eigenvalue weighted by molar-refractivity contribution is 5.96. The summed E-state index contributed by atoms with van der Waals surface area (Å²) in [5.74, 6) is 2.90. The summed E-state index contributed by atoms with van der Waals surface area (Å²) in [6, 6.07) is 8.59. The van der Waals surface area contributed by atoms with Crippen LogP contribution < -0.4 is 20.9 Å². The first-order chi connectivity index (χ1) is 16.9. The predicted molar refractivity (Wildman–Crippen MR) is 146 cm³/mol. The molecule has 4 aromatic rings. The molecule has 35 heavy (non-hydrogen) atoms. The van der Waals surface area contributed by atoms with E-state index < -0.39 is 0 Å². The van der Waals surface area contributed by atoms with E-state index in [0.29, 0.717) is 18.4 Å². The Morgan fingerprint density at radius 2 is 1.97 bits per heavy atom. The third-order valence-corrected chi connectivity index (χ3v) is 7.16. The average Bonchev–Trinajstić information content (AvgIpc) is 3.43. The van der Waals surface area contributed by atoms with E-state index in [1.807, 2.05) is 10.7 Å². The topological polar surface area (TPSA) is 74.5 Å². The molecule has 0 unspecified atom stereocenters. The molecule has 1 aliphatic rings. The fourth-order valence-corrected chi connectivity index (χ4v) is 5.15. The van der Waals surface area contributed by atoms with Gasteiger partial charge >= 0.3 is 0 Å². The molecule has 0 saturated carbocycles. The number of fused-ring (bicyclic) bond motifs is 2. The molecule has 0 bridgehead atoms. The molecule has 0 spiro atoms. The van der Waals surface area contributed by atoms with Crippen molar-refractivity contribution < 1.29 is 0 Å². The minimum absolute atomic E-state index is 0.355. The van der Waals surface area contributed by atoms with Crippen molar-refractivity contribution in [3.05, 3.63) is 47.8 Å². The monoisotopic (exact) mass is 474 g/mol. The van der Waals surface area contributed by atoms with E-state index in [2.05, 4.69) is 90.9 Å². The van der Waals surface area contributed by atoms with Gasteiger partial charge in [-0.25, -0.2) is 4.98 Å². The van der Waals surface area contributed by atoms with Gasteiger partial charge in [-0.2, -0.15) is 9.61 Å². The van der Waals surface area contributed by atoms with Crippen LogP contribution in [0.15, 0.2) is 36.7 Å². The van der Waals surface area contributed by atoms with Crippen LogP contribution in [0.25, 0.3) is 16.6 Å². The summed E-state index contributed by atoms with van der Waals surface area (Å²) in [6.07, 6.45) is 6.60. The molecule has 4 heterocycles. The van der Waals surface area contributed by atoms with E-state index >= 15 is 0 Å². The quantitative estimate of drug-likeness (QED) is 0.351. The van der Waals surface area contributed by atoms with Crippen LogP contribution in [0.2, 0.25) is 0 Å². The van der Waals surface area contributed by atoms with Crippen LogP contribution in [-0.4, -0.2) is 52.9 Å². The summed E-state index contributed by atoms with van der Waals surface area (Å²) in [7, 11) is 6.31. The molecule has 1 fully saturated rings. The van der Waals surface area contributed by atoms with Gasteiger partial charge in [0.15, 0.2) is 5.65 Å². The Morgan fingerprint density at radius 3 is 2.71 bits per heavy atom. The number of nitrogens with zero attached hydrogens (tertiary/aromatic N) is 5. The summed E-state index contributed by atoms with van der Waals surface area (Å²) < 4.78 is 4.15. The van der Waals surface area contributed by atoms with E-state index in [1.54, 1.807) is 0 Å². The van der Waals surface area contributed by atoms with Gasteiger partial charge in [0.25, 0.3) is 0 Å². The van der Waals surface area contributed by atoms with Crippen molar-refractivity contribution in [2.75, 3.05) is 49.3 Å². The molecule has 5 rings (SSSR count). The highest BCUT2D eigenvalue weighted by Crippen LogP contribution is 2.31. The first-order valence-electron chi connectivity index (χ1n) is 12.7. The molecule has 0 amide bonds. The number of hydrogen-bond acceptors (Lipinski definition) is 6. The van der Waals surface area contributed by atoms with Gasteiger partial charge in [0, 0.05) is 63.1 Å². The lowest BCUT2D eigenvalue weighted by Gasteiger charge is -2.23. The van der Waals surface area contributed by atoms with Gasteiger partial charge in [-0.3, -0.25) is 0 Å². The summed E-state index contributed by atoms with van der Waals surface area (Å²) >= 11 is 0. The van der Waals surface area contributed by atoms with E-state index in [9.17, 15) is 0 Å². The minimum atomic E-state index is 0.355. The number of nitrogens with one attached hydrogen (secondary N) is 3. The fourth-order valence-electron chi connectivity index (χ4n) is 5.15. The molecule has 1 saturated heterocycles. The van der Waals surface area contributed by atoms with Crippen molar-refractivity contribution >= 4 is 33.9 Å². The fraction of sp³-hybridized carbons (Fsp3) is 0.481. The minimum Gasteiger partial charge on any atom is -0.377 e. The smallest absolute Gasteiger partial charge is 0.163 e. The molecule has 186 valence electrons. The Kier molecular flexibility index (Phi) is 6.56. The number of aromatic nitrogens is 4. The maximum atomic E-state index is 4.97. The van der Waals surface area contributed by atoms with E-state index in [4.69, 9.17) is 10.1 Å². The van der Waals surface area contributed by atoms with Crippen molar-refractivity contribution in [3.8, 4) is 0 Å². The van der Waals surface area contributed by atoms with E-state index in [1.165, 1.54) is 40.6 Å². The highest BCUT2D eigenvalue weighted by Gasteiger charge is 2.17. The average molecular weight is 475 g/mol. The molecular weight excluding hydrogens is 436 g/mol. The van der Waals surface area contributed by atoms with E-state index in [0.717, 1.165) is 36.9 Å². The second-order valence-corrected chi connectivity index (χ2v) is 10.3. The molecule has 1 aromatic carbocycles. The number of hydrogen-bond donors (Lipinski definition) is 3. The molecule has 8 heteroatoms. The zero-order valence-corrected chi connectivity index (χ0v) is 21.6. The van der Waals surface area contributed by atoms with Gasteiger partial charge in [-0.15, -0.1) is 0 Å². The van der Waals surface area contributed by atoms with Crippen LogP contribution in [0.4, 0.5) is 17.3 Å². The van der Waals surface area contributed by atoms with Crippen LogP contribution in [0.3, 0.4) is 0 Å². The number of benzene rings is 1. The van der Waals surface area contributed by atoms with Crippen molar-refractivity contribution in [1.82, 2.24) is 24.5 Å². The van der Waals surface area contributed by atoms with Crippen molar-refractivity contribution in [3.63, 3.8) is 0 Å². The summed E-state index contributed by atoms with van der Waals surface area (Å²) in [5.41, 5.74) is 5.81. The number of rotatable bonds is 8. The van der Waals surface area contributed by atoms with Crippen LogP contribution in [0.5, 0.6) is 0 Å². The summed E-state index contributed by atoms with van der Waals surface area (Å²) in [4.78, 5) is 7.15. The molecular formula is C27H38N8. The molecule has 8 nitrogen and oxygen atoms in total. The number of piperidine rings is 1. The Labute approximate surface area is 207 Å². The standard InChI is InChI=1S/C27H38N8/c1-18(2)21-16-31-35-25(13-24(32-27(21)35)29-14-19-9-11-28-12-10-19)30-15-20-17-34(5)23-8-6-7-22(26(20)23)33(3)4/h6-8,13,16-19,28,30H,9-12,14-15H2,1-5H3,(H,29,32). The normalized spacial score (nSPS) is 14.8. The number of anilines is 3. The third-order valence-electron chi connectivity index (χ3n) is 7.16. The second-order valence-electron chi connectivity index (χ2n) is 10.3. The van der Waals surface area contributed by atoms with Gasteiger partial charge in [0.2, 0.25) is 0 Å². The van der Waals surface area contributed by atoms with Gasteiger partial charge in [-0.05, 0) is 55.5 Å². The molecule has 0 radical (unpaired) electrons. The predicted octanol–water partition coefficient (Wildman–Crippen LogP) is 4.43. The van der Waals surface area contributed by atoms with Crippen LogP contribution in [0.1, 0.15) is 43.7 Å². The van der Waals surface area contributed by atoms with Crippen molar-refractivity contribution in [2.45, 2.75) is 39.2 Å². The van der Waals surface area contributed by atoms with Crippen molar-refractivity contribution in [1.29, 1.82) is 0 Å². The molecule has 3 N–H and O–H groups in total. The SMILES string of the molecule is CC(C)c1cnn2c(NCc3cn(C)c4cccc(N(C)C)c34)cc(NCC3CCNCC3)nc12. The lowest BCUT2D eigenvalue weighted by atomic mass is 9.98. The Bertz CT molecular complexity index is 1310. The zero-order chi connectivity index (χ0) is 24.5. The molecule has 3 aromatic heterocycles. The first kappa shape index (κ1) is 23.5. The molecule has 0 aliphatic carbocycles. The van der Waals surface area contributed by atoms with Crippen molar-refractivity contribution in [2.24, 2.45) is 13.0 Å². The number of aryl methyl sites for hydroxylation is 1. The Hall–Kier alpha value is -3.26. The van der Waals surface area contributed by atoms with Gasteiger partial charge in [0.1, 0.15) is 11.6 Å². The van der Waals surface area contributed by atoms with Crippen LogP contribution in [0, 0.1) is 5.92 Å². The summed E-state index contributed by atoms with van der Waals surface area (Å²) in [5, 5.41) is 16.7. The largest absolute Gasteiger partial charge is 0.377 e. The van der Waals surface area contributed by atoms with Gasteiger partial charge in [0.05, 0.1) is 11.7 Å². The highest BCUT2D eigenvalue weighted by atomic mass is 15.3. The maximum Gasteiger partial charge on any atom is 0.163 e. The lowest BCUT2D eigenvalue weighted by Crippen LogP contribution is -2.31. The third kappa shape index (κ3) is 4.67. The molecule has 0 atom stereocenters. The zero-order valence-electron chi connectivity index (χ0n) is 21.6. The Morgan fingerprint density at radius 1 is 1.17 bits per heavy atom. The van der Waals surface area contributed by atoms with Gasteiger partial charge < -0.3 is 25.4 Å². The van der Waals surface area contributed by atoms with E-state index in [-0.39, 0.29) is 0 Å². The lowest BCUT2D eigenvalue weighted by molar-refractivity contribution is 0.389. The first-order valence-corrected chi connectivity index (χ1v) is 12.7. The molecule has 1 aliphatic heterocycles. The maximum absolute atomic E-state index is 4.97. The van der Waals surface area contributed by atoms with Gasteiger partial charge in [-0.1, -0.05) is 19.9 Å². The Balaban J connectivity index is 1.46. The van der Waals surface area contributed by atoms with Crippen LogP contribution in [-0.2, 0) is 13.6 Å². The van der Waals surface area contributed by atoms with Crippen LogP contribution >= 0.6 is 0 Å². The summed E-state index contributed by atoms with van der Waals surface area (Å²) in [6.45, 7) is 8.24.